The summed E-state index contributed by atoms with van der Waals surface area (Å²) in [7, 11) is -5.35. The summed E-state index contributed by atoms with van der Waals surface area (Å²) in [5.41, 5.74) is 0. The normalized spacial score (nSPS) is 11.0. The molecule has 0 fully saturated rings. The average Bonchev–Trinajstić information content (AvgIpc) is 2.18. The highest BCUT2D eigenvalue weighted by Gasteiger charge is 2.53. The van der Waals surface area contributed by atoms with Gasteiger partial charge in [0.1, 0.15) is 0 Å². The van der Waals surface area contributed by atoms with Gasteiger partial charge in [-0.05, 0) is 13.1 Å². The molecule has 0 amide bonds. The van der Waals surface area contributed by atoms with E-state index in [0.717, 1.165) is 0 Å². The largest absolute Gasteiger partial charge is 0.661 e. The third-order valence-corrected chi connectivity index (χ3v) is 4.40. The molecule has 0 aromatic carbocycles. The van der Waals surface area contributed by atoms with Gasteiger partial charge in [0.25, 0.3) is 8.32 Å². The van der Waals surface area contributed by atoms with E-state index in [4.69, 9.17) is 25.8 Å². The van der Waals surface area contributed by atoms with E-state index < -0.39 is 20.7 Å². The molecule has 0 aliphatic rings. The molecule has 0 aromatic heterocycles. The molecule has 0 aliphatic carbocycles. The van der Waals surface area contributed by atoms with Gasteiger partial charge in [0.2, 0.25) is 5.04 Å². The number of nitrogens with zero attached hydrogens (tertiary/aromatic N) is 3. The predicted octanol–water partition coefficient (Wildman–Crippen LogP) is -0.580. The summed E-state index contributed by atoms with van der Waals surface area (Å²) in [5, 5.41) is 41.1. The summed E-state index contributed by atoms with van der Waals surface area (Å²) in [6, 6.07) is 4.65. The maximum absolute atomic E-state index is 8.76. The second-order valence-electron chi connectivity index (χ2n) is 3.10. The van der Waals surface area contributed by atoms with Gasteiger partial charge in [-0.25, -0.2) is 4.81 Å². The van der Waals surface area contributed by atoms with E-state index >= 15 is 0 Å². The number of hydrogen-bond donors (Lipinski definition) is 2. The van der Waals surface area contributed by atoms with E-state index in [1.54, 1.807) is 18.2 Å². The molecular formula is C6H8BN3O4Si. The first kappa shape index (κ1) is 13.6. The highest BCUT2D eigenvalue weighted by molar-refractivity contribution is 6.76. The Bertz CT molecular complexity index is 317. The van der Waals surface area contributed by atoms with Gasteiger partial charge in [-0.1, -0.05) is 0 Å². The monoisotopic (exact) mass is 225 g/mol. The molecule has 0 radical (unpaired) electrons. The fourth-order valence-corrected chi connectivity index (χ4v) is 1.96. The molecule has 7 nitrogen and oxygen atoms in total. The summed E-state index contributed by atoms with van der Waals surface area (Å²) >= 11 is 0. The van der Waals surface area contributed by atoms with Crippen molar-refractivity contribution in [2.45, 2.75) is 18.1 Å². The zero-order valence-corrected chi connectivity index (χ0v) is 9.13. The van der Waals surface area contributed by atoms with E-state index in [1.807, 2.05) is 0 Å². The molecule has 15 heavy (non-hydrogen) atoms. The van der Waals surface area contributed by atoms with Crippen molar-refractivity contribution >= 4 is 15.6 Å². The van der Waals surface area contributed by atoms with Gasteiger partial charge in [-0.3, -0.25) is 4.58 Å². The topological polar surface area (TPSA) is 130 Å². The first-order chi connectivity index (χ1) is 6.85. The zero-order valence-electron chi connectivity index (χ0n) is 8.13. The fourth-order valence-electron chi connectivity index (χ4n) is 0.705. The second kappa shape index (κ2) is 4.89. The molecule has 0 heterocycles. The second-order valence-corrected chi connectivity index (χ2v) is 7.04. The molecule has 0 rings (SSSR count). The maximum Gasteiger partial charge on any atom is 0.661 e. The summed E-state index contributed by atoms with van der Waals surface area (Å²) in [5.74, 6) is 0. The van der Waals surface area contributed by atoms with Crippen LogP contribution in [0.5, 0.6) is 0 Å². The van der Waals surface area contributed by atoms with Gasteiger partial charge >= 0.3 is 7.32 Å². The number of hydrogen-bond acceptors (Lipinski definition) is 7. The highest BCUT2D eigenvalue weighted by Crippen LogP contribution is 2.36. The average molecular weight is 225 g/mol. The predicted molar refractivity (Wildman–Crippen MR) is 49.4 cm³/mol. The molecule has 9 heteroatoms. The van der Waals surface area contributed by atoms with E-state index in [-0.39, 0.29) is 0 Å². The van der Waals surface area contributed by atoms with Crippen molar-refractivity contribution in [2.24, 2.45) is 0 Å². The molecule has 0 aromatic rings. The molecule has 0 bridgehead atoms. The SMILES string of the molecule is C[Si](C)(OOB(O)O)C(C#N)(C#N)C#N. The Balaban J connectivity index is 4.94. The third kappa shape index (κ3) is 2.77. The van der Waals surface area contributed by atoms with E-state index in [9.17, 15) is 0 Å². The molecule has 0 atom stereocenters. The summed E-state index contributed by atoms with van der Waals surface area (Å²) in [6.45, 7) is 2.76. The van der Waals surface area contributed by atoms with Gasteiger partial charge in [-0.2, -0.15) is 15.8 Å². The molecule has 0 saturated carbocycles. The molecule has 0 saturated heterocycles. The Kier molecular flexibility index (Phi) is 4.44. The van der Waals surface area contributed by atoms with Crippen LogP contribution in [0.25, 0.3) is 0 Å². The fraction of sp³-hybridized carbons (Fsp3) is 0.500. The van der Waals surface area contributed by atoms with Crippen LogP contribution in [0.4, 0.5) is 0 Å². The standard InChI is InChI=1S/C6H8BN3O4Si/c1-15(2,14-13-7(11)12)6(3-8,4-9)5-10/h11-12H,1-2H3. The quantitative estimate of drug-likeness (QED) is 0.371. The van der Waals surface area contributed by atoms with Crippen LogP contribution in [0, 0.1) is 34.0 Å². The molecule has 2 N–H and O–H groups in total. The van der Waals surface area contributed by atoms with Gasteiger partial charge in [0.05, 0.1) is 18.2 Å². The van der Waals surface area contributed by atoms with Crippen molar-refractivity contribution in [3.63, 3.8) is 0 Å². The van der Waals surface area contributed by atoms with Crippen LogP contribution >= 0.6 is 0 Å². The zero-order chi connectivity index (χ0) is 12.1. The van der Waals surface area contributed by atoms with E-state index in [0.29, 0.717) is 0 Å². The Morgan fingerprint density at radius 1 is 1.13 bits per heavy atom. The van der Waals surface area contributed by atoms with E-state index in [2.05, 4.69) is 9.38 Å². The van der Waals surface area contributed by atoms with Crippen LogP contribution < -0.4 is 0 Å². The third-order valence-electron chi connectivity index (χ3n) is 1.75. The Hall–Kier alpha value is -1.41. The minimum absolute atomic E-state index is 1.38. The summed E-state index contributed by atoms with van der Waals surface area (Å²) in [4.78, 5) is 4.04. The van der Waals surface area contributed by atoms with Crippen LogP contribution in [-0.4, -0.2) is 25.7 Å². The Labute approximate surface area is 87.9 Å². The minimum atomic E-state index is -3.17. The molecule has 0 unspecified atom stereocenters. The van der Waals surface area contributed by atoms with Crippen molar-refractivity contribution in [3.05, 3.63) is 0 Å². The first-order valence-electron chi connectivity index (χ1n) is 3.79. The highest BCUT2D eigenvalue weighted by atomic mass is 28.4. The lowest BCUT2D eigenvalue weighted by molar-refractivity contribution is -0.151. The first-order valence-corrected chi connectivity index (χ1v) is 6.70. The van der Waals surface area contributed by atoms with Crippen molar-refractivity contribution in [1.82, 2.24) is 0 Å². The summed E-state index contributed by atoms with van der Waals surface area (Å²) in [6.07, 6.45) is 0. The van der Waals surface area contributed by atoms with Gasteiger partial charge in [-0.15, -0.1) is 0 Å². The van der Waals surface area contributed by atoms with Crippen LogP contribution in [-0.2, 0) is 9.38 Å². The van der Waals surface area contributed by atoms with Crippen LogP contribution in [0.15, 0.2) is 0 Å². The smallest absolute Gasteiger partial charge is 0.400 e. The molecule has 0 spiro atoms. The van der Waals surface area contributed by atoms with Crippen LogP contribution in [0.2, 0.25) is 18.1 Å². The lowest BCUT2D eigenvalue weighted by atomic mass is 10.2. The Morgan fingerprint density at radius 3 is 1.80 bits per heavy atom. The molecule has 0 aliphatic heterocycles. The van der Waals surface area contributed by atoms with Crippen molar-refractivity contribution in [1.29, 1.82) is 15.8 Å². The minimum Gasteiger partial charge on any atom is -0.400 e. The number of rotatable bonds is 4. The lowest BCUT2D eigenvalue weighted by Crippen LogP contribution is -2.45. The van der Waals surface area contributed by atoms with Crippen molar-refractivity contribution in [3.8, 4) is 18.2 Å². The van der Waals surface area contributed by atoms with Gasteiger partial charge in [0, 0.05) is 0 Å². The lowest BCUT2D eigenvalue weighted by Gasteiger charge is -2.26. The van der Waals surface area contributed by atoms with Crippen LogP contribution in [0.3, 0.4) is 0 Å². The summed E-state index contributed by atoms with van der Waals surface area (Å²) < 4.78 is 4.60. The Morgan fingerprint density at radius 2 is 1.53 bits per heavy atom. The van der Waals surface area contributed by atoms with Crippen molar-refractivity contribution < 1.29 is 19.4 Å². The maximum atomic E-state index is 8.76. The molecule has 78 valence electrons. The molecular weight excluding hydrogens is 217 g/mol. The van der Waals surface area contributed by atoms with Crippen LogP contribution in [0.1, 0.15) is 0 Å². The van der Waals surface area contributed by atoms with Gasteiger partial charge < -0.3 is 10.0 Å². The van der Waals surface area contributed by atoms with Crippen molar-refractivity contribution in [2.75, 3.05) is 0 Å². The number of nitriles is 3. The van der Waals surface area contributed by atoms with E-state index in [1.165, 1.54) is 13.1 Å². The van der Waals surface area contributed by atoms with Gasteiger partial charge in [0.15, 0.2) is 0 Å².